The zero-order valence-electron chi connectivity index (χ0n) is 14.1. The van der Waals surface area contributed by atoms with Gasteiger partial charge in [0.15, 0.2) is 9.84 Å². The van der Waals surface area contributed by atoms with Gasteiger partial charge in [-0.05, 0) is 30.8 Å². The molecule has 7 nitrogen and oxygen atoms in total. The molecule has 0 saturated carbocycles. The zero-order chi connectivity index (χ0) is 18.4. The van der Waals surface area contributed by atoms with E-state index in [4.69, 9.17) is 0 Å². The number of rotatable bonds is 6. The average molecular weight is 371 g/mol. The number of halogens is 1. The van der Waals surface area contributed by atoms with Crippen LogP contribution in [0.2, 0.25) is 0 Å². The summed E-state index contributed by atoms with van der Waals surface area (Å²) in [5, 5.41) is 2.38. The van der Waals surface area contributed by atoms with E-state index < -0.39 is 39.0 Å². The molecule has 138 valence electrons. The number of benzene rings is 1. The lowest BCUT2D eigenvalue weighted by Gasteiger charge is -2.34. The van der Waals surface area contributed by atoms with Gasteiger partial charge < -0.3 is 15.1 Å². The second-order valence-corrected chi connectivity index (χ2v) is 7.97. The number of amides is 2. The Hall–Kier alpha value is -2.00. The second kappa shape index (κ2) is 8.39. The lowest BCUT2D eigenvalue weighted by atomic mass is 10.3. The standard InChI is InChI=1S/C16H22FN3O4S/c1-2-19-7-9-20(10-8-19)16(22)12-25(23,24)11-15(21)18-14-5-3-13(17)4-6-14/h3-6H,2,7-12H2,1H3,(H,18,21). The number of carbonyl (C=O) groups is 2. The van der Waals surface area contributed by atoms with Crippen molar-refractivity contribution in [2.75, 3.05) is 49.5 Å². The molecular formula is C16H22FN3O4S. The van der Waals surface area contributed by atoms with Crippen LogP contribution in [0.15, 0.2) is 24.3 Å². The Balaban J connectivity index is 1.85. The number of hydrogen-bond acceptors (Lipinski definition) is 5. The predicted molar refractivity (Wildman–Crippen MR) is 92.4 cm³/mol. The van der Waals surface area contributed by atoms with Crippen LogP contribution >= 0.6 is 0 Å². The average Bonchev–Trinajstić information content (AvgIpc) is 2.56. The van der Waals surface area contributed by atoms with Gasteiger partial charge in [0.2, 0.25) is 11.8 Å². The van der Waals surface area contributed by atoms with E-state index >= 15 is 0 Å². The number of carbonyl (C=O) groups excluding carboxylic acids is 2. The molecule has 1 heterocycles. The maximum absolute atomic E-state index is 12.8. The van der Waals surface area contributed by atoms with E-state index in [1.54, 1.807) is 0 Å². The Morgan fingerprint density at radius 2 is 1.68 bits per heavy atom. The molecule has 2 amide bonds. The van der Waals surface area contributed by atoms with Crippen molar-refractivity contribution in [2.45, 2.75) is 6.92 Å². The highest BCUT2D eigenvalue weighted by molar-refractivity contribution is 7.92. The van der Waals surface area contributed by atoms with Crippen LogP contribution in [0.25, 0.3) is 0 Å². The van der Waals surface area contributed by atoms with Crippen molar-refractivity contribution in [3.05, 3.63) is 30.1 Å². The Bertz CT molecular complexity index is 713. The minimum absolute atomic E-state index is 0.295. The van der Waals surface area contributed by atoms with Crippen molar-refractivity contribution in [2.24, 2.45) is 0 Å². The Morgan fingerprint density at radius 3 is 2.24 bits per heavy atom. The van der Waals surface area contributed by atoms with Crippen molar-refractivity contribution >= 4 is 27.3 Å². The summed E-state index contributed by atoms with van der Waals surface area (Å²) >= 11 is 0. The third kappa shape index (κ3) is 6.09. The van der Waals surface area contributed by atoms with E-state index in [0.717, 1.165) is 18.7 Å². The predicted octanol–water partition coefficient (Wildman–Crippen LogP) is 0.343. The fourth-order valence-corrected chi connectivity index (χ4v) is 3.71. The molecule has 1 fully saturated rings. The lowest BCUT2D eigenvalue weighted by molar-refractivity contribution is -0.130. The van der Waals surface area contributed by atoms with Gasteiger partial charge >= 0.3 is 0 Å². The maximum atomic E-state index is 12.8. The molecule has 1 aromatic carbocycles. The van der Waals surface area contributed by atoms with Crippen molar-refractivity contribution in [1.29, 1.82) is 0 Å². The summed E-state index contributed by atoms with van der Waals surface area (Å²) < 4.78 is 37.0. The van der Waals surface area contributed by atoms with Crippen molar-refractivity contribution in [3.63, 3.8) is 0 Å². The number of piperazine rings is 1. The molecule has 2 rings (SSSR count). The highest BCUT2D eigenvalue weighted by atomic mass is 32.2. The van der Waals surface area contributed by atoms with Crippen molar-refractivity contribution < 1.29 is 22.4 Å². The Labute approximate surface area is 146 Å². The van der Waals surface area contributed by atoms with Gasteiger partial charge in [0.25, 0.3) is 0 Å². The summed E-state index contributed by atoms with van der Waals surface area (Å²) in [7, 11) is -3.87. The molecule has 9 heteroatoms. The smallest absolute Gasteiger partial charge is 0.239 e. The summed E-state index contributed by atoms with van der Waals surface area (Å²) in [4.78, 5) is 27.7. The third-order valence-electron chi connectivity index (χ3n) is 3.99. The number of anilines is 1. The zero-order valence-corrected chi connectivity index (χ0v) is 14.9. The van der Waals surface area contributed by atoms with Crippen LogP contribution in [-0.4, -0.2) is 74.3 Å². The molecule has 25 heavy (non-hydrogen) atoms. The van der Waals surface area contributed by atoms with Gasteiger partial charge in [-0.3, -0.25) is 9.59 Å². The number of nitrogens with zero attached hydrogens (tertiary/aromatic N) is 2. The molecule has 0 aromatic heterocycles. The van der Waals surface area contributed by atoms with Crippen LogP contribution in [0.1, 0.15) is 6.92 Å². The quantitative estimate of drug-likeness (QED) is 0.779. The van der Waals surface area contributed by atoms with Gasteiger partial charge in [0.1, 0.15) is 17.3 Å². The molecule has 0 bridgehead atoms. The molecule has 1 aromatic rings. The number of sulfone groups is 1. The molecule has 0 atom stereocenters. The lowest BCUT2D eigenvalue weighted by Crippen LogP contribution is -2.50. The first kappa shape index (κ1) is 19.3. The van der Waals surface area contributed by atoms with Gasteiger partial charge in [-0.1, -0.05) is 6.92 Å². The monoisotopic (exact) mass is 371 g/mol. The van der Waals surface area contributed by atoms with Gasteiger partial charge in [-0.25, -0.2) is 12.8 Å². The van der Waals surface area contributed by atoms with Crippen molar-refractivity contribution in [1.82, 2.24) is 9.80 Å². The molecule has 0 radical (unpaired) electrons. The molecule has 1 saturated heterocycles. The Kier molecular flexibility index (Phi) is 6.49. The first-order valence-electron chi connectivity index (χ1n) is 8.05. The third-order valence-corrected chi connectivity index (χ3v) is 5.38. The van der Waals surface area contributed by atoms with Crippen molar-refractivity contribution in [3.8, 4) is 0 Å². The summed E-state index contributed by atoms with van der Waals surface area (Å²) in [5.41, 5.74) is 0.295. The molecule has 1 N–H and O–H groups in total. The largest absolute Gasteiger partial charge is 0.339 e. The van der Waals surface area contributed by atoms with Crippen LogP contribution in [0.3, 0.4) is 0 Å². The summed E-state index contributed by atoms with van der Waals surface area (Å²) in [6.45, 7) is 5.33. The summed E-state index contributed by atoms with van der Waals surface area (Å²) in [6.07, 6.45) is 0. The summed E-state index contributed by atoms with van der Waals surface area (Å²) in [5.74, 6) is -3.17. The van der Waals surface area contributed by atoms with E-state index in [0.29, 0.717) is 31.9 Å². The normalized spacial score (nSPS) is 15.8. The van der Waals surface area contributed by atoms with Crippen LogP contribution in [0.4, 0.5) is 10.1 Å². The van der Waals surface area contributed by atoms with Gasteiger partial charge in [0.05, 0.1) is 0 Å². The molecule has 1 aliphatic rings. The minimum Gasteiger partial charge on any atom is -0.339 e. The van der Waals surface area contributed by atoms with Crippen LogP contribution in [-0.2, 0) is 19.4 Å². The minimum atomic E-state index is -3.87. The van der Waals surface area contributed by atoms with E-state index in [9.17, 15) is 22.4 Å². The van der Waals surface area contributed by atoms with E-state index in [1.165, 1.54) is 17.0 Å². The van der Waals surface area contributed by atoms with Gasteiger partial charge in [0, 0.05) is 31.9 Å². The highest BCUT2D eigenvalue weighted by Gasteiger charge is 2.26. The molecule has 0 aliphatic carbocycles. The van der Waals surface area contributed by atoms with E-state index in [1.807, 2.05) is 6.92 Å². The second-order valence-electron chi connectivity index (χ2n) is 5.90. The Morgan fingerprint density at radius 1 is 1.08 bits per heavy atom. The molecule has 0 unspecified atom stereocenters. The van der Waals surface area contributed by atoms with Crippen LogP contribution in [0.5, 0.6) is 0 Å². The first-order valence-corrected chi connectivity index (χ1v) is 9.87. The summed E-state index contributed by atoms with van der Waals surface area (Å²) in [6, 6.07) is 4.98. The molecular weight excluding hydrogens is 349 g/mol. The maximum Gasteiger partial charge on any atom is 0.239 e. The number of likely N-dealkylation sites (N-methyl/N-ethyl adjacent to an activating group) is 1. The van der Waals surface area contributed by atoms with E-state index in [2.05, 4.69) is 10.2 Å². The molecule has 1 aliphatic heterocycles. The van der Waals surface area contributed by atoms with Gasteiger partial charge in [-0.2, -0.15) is 0 Å². The first-order chi connectivity index (χ1) is 11.8. The fraction of sp³-hybridized carbons (Fsp3) is 0.500. The fourth-order valence-electron chi connectivity index (χ4n) is 2.57. The topological polar surface area (TPSA) is 86.8 Å². The highest BCUT2D eigenvalue weighted by Crippen LogP contribution is 2.09. The van der Waals surface area contributed by atoms with E-state index in [-0.39, 0.29) is 0 Å². The molecule has 0 spiro atoms. The number of hydrogen-bond donors (Lipinski definition) is 1. The van der Waals surface area contributed by atoms with Crippen LogP contribution in [0, 0.1) is 5.82 Å². The SMILES string of the molecule is CCN1CCN(C(=O)CS(=O)(=O)CC(=O)Nc2ccc(F)cc2)CC1. The number of nitrogens with one attached hydrogen (secondary N) is 1. The van der Waals surface area contributed by atoms with Gasteiger partial charge in [-0.15, -0.1) is 0 Å². The van der Waals surface area contributed by atoms with Crippen LogP contribution < -0.4 is 5.32 Å².